The van der Waals surface area contributed by atoms with Gasteiger partial charge >= 0.3 is 5.69 Å². The predicted molar refractivity (Wildman–Crippen MR) is 101 cm³/mol. The Labute approximate surface area is 163 Å². The highest BCUT2D eigenvalue weighted by atomic mass is 35.5. The molecule has 0 spiro atoms. The van der Waals surface area contributed by atoms with E-state index in [1.165, 1.54) is 12.1 Å². The van der Waals surface area contributed by atoms with E-state index in [-0.39, 0.29) is 22.2 Å². The molecule has 1 amide bonds. The Balaban J connectivity index is 2.28. The van der Waals surface area contributed by atoms with Gasteiger partial charge in [-0.25, -0.2) is 9.97 Å². The molecule has 0 bridgehead atoms. The van der Waals surface area contributed by atoms with Crippen molar-refractivity contribution >= 4 is 40.5 Å². The molecule has 13 heteroatoms. The Hall–Kier alpha value is -3.54. The van der Waals surface area contributed by atoms with Crippen LogP contribution >= 0.6 is 11.6 Å². The van der Waals surface area contributed by atoms with E-state index < -0.39 is 27.1 Å². The number of carbonyl (C=O) groups excluding carboxylic acids is 1. The van der Waals surface area contributed by atoms with Gasteiger partial charge in [0.15, 0.2) is 0 Å². The van der Waals surface area contributed by atoms with Gasteiger partial charge in [0.2, 0.25) is 11.6 Å². The second-order valence-electron chi connectivity index (χ2n) is 5.33. The second-order valence-corrected chi connectivity index (χ2v) is 5.73. The van der Waals surface area contributed by atoms with Crippen molar-refractivity contribution in [2.45, 2.75) is 13.8 Å². The van der Waals surface area contributed by atoms with Gasteiger partial charge in [0.1, 0.15) is 11.3 Å². The fraction of sp³-hybridized carbons (Fsp3) is 0.267. The minimum atomic E-state index is -0.767. The average molecular weight is 410 g/mol. The molecular weight excluding hydrogens is 394 g/mol. The van der Waals surface area contributed by atoms with Crippen molar-refractivity contribution in [1.29, 1.82) is 0 Å². The number of nitrogens with one attached hydrogen (secondary N) is 2. The number of hydrazine groups is 1. The van der Waals surface area contributed by atoms with Crippen LogP contribution in [-0.2, 0) is 0 Å². The summed E-state index contributed by atoms with van der Waals surface area (Å²) in [4.78, 5) is 42.7. The summed E-state index contributed by atoms with van der Waals surface area (Å²) in [6, 6.07) is 3.48. The average Bonchev–Trinajstić information content (AvgIpc) is 2.67. The molecule has 12 nitrogen and oxygen atoms in total. The van der Waals surface area contributed by atoms with E-state index in [4.69, 9.17) is 11.6 Å². The van der Waals surface area contributed by atoms with Crippen LogP contribution in [0.3, 0.4) is 0 Å². The third kappa shape index (κ3) is 4.40. The van der Waals surface area contributed by atoms with E-state index in [0.29, 0.717) is 13.1 Å². The van der Waals surface area contributed by atoms with E-state index in [0.717, 1.165) is 12.4 Å². The fourth-order valence-corrected chi connectivity index (χ4v) is 2.55. The highest BCUT2D eigenvalue weighted by Gasteiger charge is 2.26. The number of hydrogen-bond donors (Lipinski definition) is 2. The van der Waals surface area contributed by atoms with Gasteiger partial charge in [0.25, 0.3) is 11.6 Å². The first kappa shape index (κ1) is 20.8. The maximum Gasteiger partial charge on any atom is 0.355 e. The summed E-state index contributed by atoms with van der Waals surface area (Å²) < 4.78 is 0. The Morgan fingerprint density at radius 3 is 2.43 bits per heavy atom. The number of nitro groups is 2. The molecule has 28 heavy (non-hydrogen) atoms. The molecule has 0 atom stereocenters. The van der Waals surface area contributed by atoms with Crippen molar-refractivity contribution in [3.05, 3.63) is 55.3 Å². The SMILES string of the molecule is CCN(CC)c1ncnc(NNC(=O)c2ccc(Cl)c([N+](=O)[O-])c2)c1[N+](=O)[O-]. The van der Waals surface area contributed by atoms with Gasteiger partial charge < -0.3 is 4.90 Å². The van der Waals surface area contributed by atoms with Crippen LogP contribution in [0, 0.1) is 20.2 Å². The van der Waals surface area contributed by atoms with Gasteiger partial charge in [0, 0.05) is 24.7 Å². The Bertz CT molecular complexity index is 920. The van der Waals surface area contributed by atoms with Gasteiger partial charge in [-0.05, 0) is 26.0 Å². The Morgan fingerprint density at radius 2 is 1.86 bits per heavy atom. The molecule has 0 radical (unpaired) electrons. The molecule has 0 aliphatic heterocycles. The molecule has 2 aromatic rings. The number of halogens is 1. The lowest BCUT2D eigenvalue weighted by atomic mass is 10.2. The van der Waals surface area contributed by atoms with Crippen molar-refractivity contribution in [3.63, 3.8) is 0 Å². The highest BCUT2D eigenvalue weighted by molar-refractivity contribution is 6.32. The summed E-state index contributed by atoms with van der Waals surface area (Å²) in [5.74, 6) is -0.889. The molecule has 148 valence electrons. The summed E-state index contributed by atoms with van der Waals surface area (Å²) in [5.41, 5.74) is 3.70. The molecule has 0 aliphatic rings. The maximum atomic E-state index is 12.3. The number of nitro benzene ring substituents is 1. The first-order valence-corrected chi connectivity index (χ1v) is 8.42. The summed E-state index contributed by atoms with van der Waals surface area (Å²) in [6.07, 6.45) is 1.13. The zero-order valence-corrected chi connectivity index (χ0v) is 15.6. The largest absolute Gasteiger partial charge is 0.355 e. The molecule has 1 aromatic heterocycles. The predicted octanol–water partition coefficient (Wildman–Crippen LogP) is 2.55. The van der Waals surface area contributed by atoms with Crippen LogP contribution in [-0.4, -0.2) is 38.8 Å². The number of rotatable bonds is 8. The number of anilines is 2. The van der Waals surface area contributed by atoms with Gasteiger partial charge in [-0.15, -0.1) is 0 Å². The second kappa shape index (κ2) is 8.90. The summed E-state index contributed by atoms with van der Waals surface area (Å²) in [6.45, 7) is 4.60. The molecular formula is C15H16ClN7O5. The number of amides is 1. The molecule has 0 saturated heterocycles. The lowest BCUT2D eigenvalue weighted by molar-refractivity contribution is -0.384. The van der Waals surface area contributed by atoms with Crippen LogP contribution in [0.5, 0.6) is 0 Å². The van der Waals surface area contributed by atoms with Gasteiger partial charge in [-0.3, -0.25) is 35.9 Å². The smallest absolute Gasteiger partial charge is 0.351 e. The van der Waals surface area contributed by atoms with Gasteiger partial charge in [-0.1, -0.05) is 11.6 Å². The van der Waals surface area contributed by atoms with E-state index >= 15 is 0 Å². The molecule has 0 fully saturated rings. The Kier molecular flexibility index (Phi) is 6.60. The summed E-state index contributed by atoms with van der Waals surface area (Å²) >= 11 is 5.71. The molecule has 0 unspecified atom stereocenters. The quantitative estimate of drug-likeness (QED) is 0.493. The highest BCUT2D eigenvalue weighted by Crippen LogP contribution is 2.31. The normalized spacial score (nSPS) is 10.2. The van der Waals surface area contributed by atoms with Crippen molar-refractivity contribution < 1.29 is 14.6 Å². The molecule has 2 rings (SSSR count). The van der Waals surface area contributed by atoms with Crippen molar-refractivity contribution in [3.8, 4) is 0 Å². The third-order valence-corrected chi connectivity index (χ3v) is 4.07. The number of benzene rings is 1. The third-order valence-electron chi connectivity index (χ3n) is 3.75. The number of nitrogens with zero attached hydrogens (tertiary/aromatic N) is 5. The molecule has 1 aromatic carbocycles. The lowest BCUT2D eigenvalue weighted by Gasteiger charge is -2.20. The minimum Gasteiger partial charge on any atom is -0.351 e. The van der Waals surface area contributed by atoms with Crippen LogP contribution in [0.15, 0.2) is 24.5 Å². The maximum absolute atomic E-state index is 12.3. The fourth-order valence-electron chi connectivity index (χ4n) is 2.37. The van der Waals surface area contributed by atoms with E-state index in [2.05, 4.69) is 20.8 Å². The van der Waals surface area contributed by atoms with Crippen molar-refractivity contribution in [1.82, 2.24) is 15.4 Å². The van der Waals surface area contributed by atoms with E-state index in [9.17, 15) is 25.0 Å². The number of hydrogen-bond acceptors (Lipinski definition) is 9. The van der Waals surface area contributed by atoms with Crippen LogP contribution in [0.4, 0.5) is 23.0 Å². The first-order chi connectivity index (χ1) is 13.3. The number of aromatic nitrogens is 2. The zero-order valence-electron chi connectivity index (χ0n) is 14.9. The van der Waals surface area contributed by atoms with E-state index in [1.807, 2.05) is 13.8 Å². The standard InChI is InChI=1S/C15H16ClN7O5/c1-3-21(4-2)14-12(23(27)28)13(17-8-18-14)19-20-15(24)9-5-6-10(16)11(7-9)22(25)26/h5-8H,3-4H2,1-2H3,(H,20,24)(H,17,18,19). The van der Waals surface area contributed by atoms with E-state index in [1.54, 1.807) is 4.90 Å². The topological polar surface area (TPSA) is 156 Å². The molecule has 2 N–H and O–H groups in total. The summed E-state index contributed by atoms with van der Waals surface area (Å²) in [7, 11) is 0. The summed E-state index contributed by atoms with van der Waals surface area (Å²) in [5, 5.41) is 22.3. The van der Waals surface area contributed by atoms with Gasteiger partial charge in [0.05, 0.1) is 9.85 Å². The Morgan fingerprint density at radius 1 is 1.18 bits per heavy atom. The van der Waals surface area contributed by atoms with Crippen molar-refractivity contribution in [2.24, 2.45) is 0 Å². The van der Waals surface area contributed by atoms with Crippen LogP contribution in [0.1, 0.15) is 24.2 Å². The molecule has 0 saturated carbocycles. The van der Waals surface area contributed by atoms with Crippen LogP contribution in [0.25, 0.3) is 0 Å². The van der Waals surface area contributed by atoms with Crippen LogP contribution in [0.2, 0.25) is 5.02 Å². The minimum absolute atomic E-state index is 0.0655. The first-order valence-electron chi connectivity index (χ1n) is 8.04. The van der Waals surface area contributed by atoms with Gasteiger partial charge in [-0.2, -0.15) is 0 Å². The molecule has 0 aliphatic carbocycles. The monoisotopic (exact) mass is 409 g/mol. The molecule has 1 heterocycles. The van der Waals surface area contributed by atoms with Crippen molar-refractivity contribution in [2.75, 3.05) is 23.4 Å². The zero-order chi connectivity index (χ0) is 20.8. The lowest BCUT2D eigenvalue weighted by Crippen LogP contribution is -2.31. The number of carbonyl (C=O) groups is 1. The van der Waals surface area contributed by atoms with Crippen LogP contribution < -0.4 is 15.8 Å².